The molecule has 5 heteroatoms. The molecular weight excluding hydrogens is 310 g/mol. The van der Waals surface area contributed by atoms with Gasteiger partial charge in [-0.15, -0.1) is 0 Å². The fourth-order valence-corrected chi connectivity index (χ4v) is 4.56. The number of halogens is 1. The molecule has 0 radical (unpaired) electrons. The van der Waals surface area contributed by atoms with Gasteiger partial charge in [-0.1, -0.05) is 23.7 Å². The van der Waals surface area contributed by atoms with Gasteiger partial charge in [0, 0.05) is 26.2 Å². The molecule has 23 heavy (non-hydrogen) atoms. The maximum Gasteiger partial charge on any atom is 0.240 e. The molecule has 1 amide bonds. The van der Waals surface area contributed by atoms with Gasteiger partial charge in [-0.2, -0.15) is 0 Å². The summed E-state index contributed by atoms with van der Waals surface area (Å²) in [6, 6.07) is 8.11. The van der Waals surface area contributed by atoms with E-state index in [9.17, 15) is 4.79 Å². The van der Waals surface area contributed by atoms with Crippen LogP contribution in [0.25, 0.3) is 0 Å². The summed E-state index contributed by atoms with van der Waals surface area (Å²) in [5.41, 5.74) is 1.08. The number of carbonyl (C=O) groups excluding carboxylic acids is 1. The van der Waals surface area contributed by atoms with Crippen LogP contribution in [0.15, 0.2) is 24.3 Å². The lowest BCUT2D eigenvalue weighted by Crippen LogP contribution is -2.59. The van der Waals surface area contributed by atoms with Crippen molar-refractivity contribution >= 4 is 23.2 Å². The number of rotatable bonds is 2. The Morgan fingerprint density at radius 2 is 1.70 bits per heavy atom. The first-order valence-electron chi connectivity index (χ1n) is 8.74. The van der Waals surface area contributed by atoms with E-state index in [4.69, 9.17) is 11.6 Å². The largest absolute Gasteiger partial charge is 0.367 e. The maximum absolute atomic E-state index is 12.9. The lowest BCUT2D eigenvalue weighted by atomic mass is 9.83. The van der Waals surface area contributed by atoms with Gasteiger partial charge in [0.25, 0.3) is 0 Å². The average molecular weight is 334 g/mol. The van der Waals surface area contributed by atoms with Gasteiger partial charge >= 0.3 is 0 Å². The molecular formula is C18H24ClN3O. The SMILES string of the molecule is O=C(C1CC2CCN1CC2)N1CCN(c2ccccc2Cl)CC1. The summed E-state index contributed by atoms with van der Waals surface area (Å²) in [5.74, 6) is 1.13. The van der Waals surface area contributed by atoms with Crippen molar-refractivity contribution in [3.05, 3.63) is 29.3 Å². The first-order valence-corrected chi connectivity index (χ1v) is 9.12. The Kier molecular flexibility index (Phi) is 4.20. The highest BCUT2D eigenvalue weighted by Crippen LogP contribution is 2.33. The summed E-state index contributed by atoms with van der Waals surface area (Å²) in [5, 5.41) is 0.794. The summed E-state index contributed by atoms with van der Waals surface area (Å²) in [7, 11) is 0. The minimum atomic E-state index is 0.148. The number of hydrogen-bond acceptors (Lipinski definition) is 3. The van der Waals surface area contributed by atoms with Crippen molar-refractivity contribution in [1.29, 1.82) is 0 Å². The number of hydrogen-bond donors (Lipinski definition) is 0. The van der Waals surface area contributed by atoms with Crippen LogP contribution in [0.5, 0.6) is 0 Å². The van der Waals surface area contributed by atoms with Crippen molar-refractivity contribution in [3.8, 4) is 0 Å². The van der Waals surface area contributed by atoms with Crippen molar-refractivity contribution in [2.75, 3.05) is 44.2 Å². The molecule has 0 N–H and O–H groups in total. The van der Waals surface area contributed by atoms with Crippen molar-refractivity contribution in [1.82, 2.24) is 9.80 Å². The van der Waals surface area contributed by atoms with E-state index in [0.29, 0.717) is 5.91 Å². The first kappa shape index (κ1) is 15.3. The third kappa shape index (κ3) is 2.94. The molecule has 4 nitrogen and oxygen atoms in total. The standard InChI is InChI=1S/C18H24ClN3O/c19-15-3-1-2-4-16(15)21-9-11-22(12-10-21)18(23)17-13-14-5-7-20(17)8-6-14/h1-4,14,17H,5-13H2. The van der Waals surface area contributed by atoms with Gasteiger partial charge in [0.1, 0.15) is 0 Å². The lowest BCUT2D eigenvalue weighted by molar-refractivity contribution is -0.141. The van der Waals surface area contributed by atoms with Crippen LogP contribution in [0.4, 0.5) is 5.69 Å². The molecule has 124 valence electrons. The molecule has 4 aliphatic heterocycles. The van der Waals surface area contributed by atoms with Crippen molar-refractivity contribution in [3.63, 3.8) is 0 Å². The Labute approximate surface area is 143 Å². The Morgan fingerprint density at radius 3 is 2.30 bits per heavy atom. The monoisotopic (exact) mass is 333 g/mol. The maximum atomic E-state index is 12.9. The number of benzene rings is 1. The molecule has 4 aliphatic rings. The zero-order chi connectivity index (χ0) is 15.8. The Balaban J connectivity index is 1.38. The number of carbonyl (C=O) groups is 1. The van der Waals surface area contributed by atoms with Gasteiger partial charge in [-0.25, -0.2) is 0 Å². The highest BCUT2D eigenvalue weighted by molar-refractivity contribution is 6.33. The molecule has 1 atom stereocenters. The molecule has 4 fully saturated rings. The third-order valence-corrected chi connectivity index (χ3v) is 6.04. The molecule has 1 unspecified atom stereocenters. The second-order valence-electron chi connectivity index (χ2n) is 6.99. The topological polar surface area (TPSA) is 26.8 Å². The van der Waals surface area contributed by atoms with Crippen LogP contribution >= 0.6 is 11.6 Å². The van der Waals surface area contributed by atoms with Gasteiger partial charge in [0.2, 0.25) is 5.91 Å². The predicted octanol–water partition coefficient (Wildman–Crippen LogP) is 2.47. The van der Waals surface area contributed by atoms with E-state index >= 15 is 0 Å². The lowest BCUT2D eigenvalue weighted by Gasteiger charge is -2.47. The number of fused-ring (bicyclic) bond motifs is 3. The van der Waals surface area contributed by atoms with Gasteiger partial charge in [0.15, 0.2) is 0 Å². The number of anilines is 1. The fraction of sp³-hybridized carbons (Fsp3) is 0.611. The van der Waals surface area contributed by atoms with Crippen molar-refractivity contribution in [2.45, 2.75) is 25.3 Å². The van der Waals surface area contributed by atoms with Crippen LogP contribution in [0.3, 0.4) is 0 Å². The summed E-state index contributed by atoms with van der Waals surface area (Å²) in [6.07, 6.45) is 3.64. The Bertz CT molecular complexity index is 577. The summed E-state index contributed by atoms with van der Waals surface area (Å²) < 4.78 is 0. The number of nitrogens with zero attached hydrogens (tertiary/aromatic N) is 3. The zero-order valence-electron chi connectivity index (χ0n) is 13.5. The van der Waals surface area contributed by atoms with E-state index in [1.807, 2.05) is 18.2 Å². The van der Waals surface area contributed by atoms with Gasteiger partial charge in [-0.3, -0.25) is 9.69 Å². The molecule has 4 saturated heterocycles. The van der Waals surface area contributed by atoms with Crippen LogP contribution in [-0.2, 0) is 4.79 Å². The number of para-hydroxylation sites is 1. The minimum absolute atomic E-state index is 0.148. The predicted molar refractivity (Wildman–Crippen MR) is 92.9 cm³/mol. The Hall–Kier alpha value is -1.26. The van der Waals surface area contributed by atoms with E-state index in [1.54, 1.807) is 0 Å². The third-order valence-electron chi connectivity index (χ3n) is 5.72. The molecule has 0 aliphatic carbocycles. The quantitative estimate of drug-likeness (QED) is 0.832. The highest BCUT2D eigenvalue weighted by Gasteiger charge is 2.39. The second kappa shape index (κ2) is 6.33. The molecule has 1 aromatic rings. The molecule has 0 spiro atoms. The van der Waals surface area contributed by atoms with Crippen molar-refractivity contribution in [2.24, 2.45) is 5.92 Å². The van der Waals surface area contributed by atoms with Crippen LogP contribution < -0.4 is 4.90 Å². The molecule has 2 bridgehead atoms. The number of piperidine rings is 3. The first-order chi connectivity index (χ1) is 11.2. The van der Waals surface area contributed by atoms with E-state index < -0.39 is 0 Å². The molecule has 1 aromatic carbocycles. The van der Waals surface area contributed by atoms with Crippen LogP contribution in [-0.4, -0.2) is 61.0 Å². The number of amides is 1. The van der Waals surface area contributed by atoms with Crippen LogP contribution in [0, 0.1) is 5.92 Å². The molecule has 5 rings (SSSR count). The van der Waals surface area contributed by atoms with Crippen molar-refractivity contribution < 1.29 is 4.79 Å². The Morgan fingerprint density at radius 1 is 1.00 bits per heavy atom. The normalized spacial score (nSPS) is 30.6. The van der Waals surface area contributed by atoms with E-state index in [2.05, 4.69) is 20.8 Å². The van der Waals surface area contributed by atoms with Crippen LogP contribution in [0.1, 0.15) is 19.3 Å². The van der Waals surface area contributed by atoms with E-state index in [0.717, 1.165) is 62.3 Å². The number of piperazine rings is 1. The second-order valence-corrected chi connectivity index (χ2v) is 7.40. The van der Waals surface area contributed by atoms with Crippen LogP contribution in [0.2, 0.25) is 5.02 Å². The van der Waals surface area contributed by atoms with E-state index in [1.165, 1.54) is 12.8 Å². The summed E-state index contributed by atoms with van der Waals surface area (Å²) in [4.78, 5) is 19.7. The van der Waals surface area contributed by atoms with Gasteiger partial charge in [-0.05, 0) is 50.4 Å². The minimum Gasteiger partial charge on any atom is -0.367 e. The average Bonchev–Trinajstić information content (AvgIpc) is 2.63. The summed E-state index contributed by atoms with van der Waals surface area (Å²) in [6.45, 7) is 5.57. The zero-order valence-corrected chi connectivity index (χ0v) is 14.2. The smallest absolute Gasteiger partial charge is 0.240 e. The van der Waals surface area contributed by atoms with E-state index in [-0.39, 0.29) is 6.04 Å². The molecule has 0 aromatic heterocycles. The molecule has 4 heterocycles. The van der Waals surface area contributed by atoms with Gasteiger partial charge < -0.3 is 9.80 Å². The van der Waals surface area contributed by atoms with Gasteiger partial charge in [0.05, 0.1) is 16.8 Å². The molecule has 0 saturated carbocycles. The fourth-order valence-electron chi connectivity index (χ4n) is 4.31. The highest BCUT2D eigenvalue weighted by atomic mass is 35.5. The summed E-state index contributed by atoms with van der Waals surface area (Å²) >= 11 is 6.29.